The molecule has 2 N–H and O–H groups in total. The maximum Gasteiger partial charge on any atom is 0.269 e. The quantitative estimate of drug-likeness (QED) is 0.759. The second-order valence-corrected chi connectivity index (χ2v) is 4.52. The Kier molecular flexibility index (Phi) is 3.46. The standard InChI is InChI=1S/C14H13N5O2/c1-9-15-7-12(18-9)14(20)16-6-10-2-4-11(5-3-10)13-17-8-21-19-13/h2-5,7-8H,6H2,1H3,(H,15,18)(H,16,20). The Balaban J connectivity index is 1.62. The van der Waals surface area contributed by atoms with Crippen LogP contribution in [-0.4, -0.2) is 26.0 Å². The van der Waals surface area contributed by atoms with Crippen molar-refractivity contribution in [1.82, 2.24) is 25.4 Å². The number of carbonyl (C=O) groups excluding carboxylic acids is 1. The number of aromatic amines is 1. The van der Waals surface area contributed by atoms with Gasteiger partial charge in [0, 0.05) is 12.1 Å². The van der Waals surface area contributed by atoms with Gasteiger partial charge in [0.15, 0.2) is 0 Å². The Morgan fingerprint density at radius 1 is 1.29 bits per heavy atom. The Morgan fingerprint density at radius 2 is 2.10 bits per heavy atom. The molecule has 2 aromatic heterocycles. The lowest BCUT2D eigenvalue weighted by Gasteiger charge is -2.04. The molecule has 3 rings (SSSR count). The molecular weight excluding hydrogens is 270 g/mol. The minimum atomic E-state index is -0.183. The van der Waals surface area contributed by atoms with Gasteiger partial charge in [0.2, 0.25) is 12.2 Å². The maximum atomic E-state index is 11.9. The Hall–Kier alpha value is -2.96. The molecule has 0 aliphatic heterocycles. The summed E-state index contributed by atoms with van der Waals surface area (Å²) in [5.74, 6) is 1.07. The largest absolute Gasteiger partial charge is 0.347 e. The van der Waals surface area contributed by atoms with Crippen LogP contribution >= 0.6 is 0 Å². The molecule has 7 heteroatoms. The molecule has 1 aromatic carbocycles. The first-order chi connectivity index (χ1) is 10.2. The van der Waals surface area contributed by atoms with E-state index in [2.05, 4.69) is 25.4 Å². The molecule has 0 radical (unpaired) electrons. The summed E-state index contributed by atoms with van der Waals surface area (Å²) in [4.78, 5) is 22.7. The van der Waals surface area contributed by atoms with Crippen molar-refractivity contribution in [3.05, 3.63) is 53.9 Å². The molecule has 7 nitrogen and oxygen atoms in total. The van der Waals surface area contributed by atoms with Crippen LogP contribution in [0, 0.1) is 6.92 Å². The number of imidazole rings is 1. The SMILES string of the molecule is Cc1ncc(C(=O)NCc2ccc(-c3ncon3)cc2)[nH]1. The highest BCUT2D eigenvalue weighted by atomic mass is 16.5. The van der Waals surface area contributed by atoms with E-state index >= 15 is 0 Å². The van der Waals surface area contributed by atoms with Gasteiger partial charge in [-0.3, -0.25) is 4.79 Å². The summed E-state index contributed by atoms with van der Waals surface area (Å²) in [7, 11) is 0. The van der Waals surface area contributed by atoms with Crippen molar-refractivity contribution in [2.24, 2.45) is 0 Å². The predicted octanol–water partition coefficient (Wildman–Crippen LogP) is 1.70. The van der Waals surface area contributed by atoms with Gasteiger partial charge in [0.05, 0.1) is 6.20 Å². The lowest BCUT2D eigenvalue weighted by Crippen LogP contribution is -2.23. The molecule has 21 heavy (non-hydrogen) atoms. The summed E-state index contributed by atoms with van der Waals surface area (Å²) in [5, 5.41) is 6.59. The minimum Gasteiger partial charge on any atom is -0.347 e. The van der Waals surface area contributed by atoms with Crippen LogP contribution in [-0.2, 0) is 6.54 Å². The summed E-state index contributed by atoms with van der Waals surface area (Å²) in [6.45, 7) is 2.23. The highest BCUT2D eigenvalue weighted by Crippen LogP contribution is 2.14. The third-order valence-corrected chi connectivity index (χ3v) is 2.97. The highest BCUT2D eigenvalue weighted by molar-refractivity contribution is 5.92. The van der Waals surface area contributed by atoms with Crippen molar-refractivity contribution in [3.63, 3.8) is 0 Å². The first kappa shape index (κ1) is 13.0. The van der Waals surface area contributed by atoms with Crippen LogP contribution in [0.5, 0.6) is 0 Å². The molecule has 106 valence electrons. The molecule has 0 aliphatic rings. The normalized spacial score (nSPS) is 10.5. The average molecular weight is 283 g/mol. The zero-order chi connectivity index (χ0) is 14.7. The fraction of sp³-hybridized carbons (Fsp3) is 0.143. The van der Waals surface area contributed by atoms with E-state index in [0.29, 0.717) is 23.9 Å². The highest BCUT2D eigenvalue weighted by Gasteiger charge is 2.08. The third-order valence-electron chi connectivity index (χ3n) is 2.97. The van der Waals surface area contributed by atoms with Crippen LogP contribution in [0.25, 0.3) is 11.4 Å². The van der Waals surface area contributed by atoms with E-state index in [0.717, 1.165) is 11.1 Å². The second-order valence-electron chi connectivity index (χ2n) is 4.52. The molecule has 0 saturated carbocycles. The smallest absolute Gasteiger partial charge is 0.269 e. The number of amides is 1. The fourth-order valence-corrected chi connectivity index (χ4v) is 1.88. The molecule has 0 aliphatic carbocycles. The van der Waals surface area contributed by atoms with Crippen LogP contribution in [0.3, 0.4) is 0 Å². The molecule has 0 saturated heterocycles. The molecule has 0 fully saturated rings. The van der Waals surface area contributed by atoms with Crippen LogP contribution in [0.4, 0.5) is 0 Å². The second kappa shape index (κ2) is 5.58. The van der Waals surface area contributed by atoms with E-state index in [1.165, 1.54) is 12.6 Å². The Bertz CT molecular complexity index is 731. The van der Waals surface area contributed by atoms with E-state index in [4.69, 9.17) is 4.52 Å². The lowest BCUT2D eigenvalue weighted by molar-refractivity contribution is 0.0946. The zero-order valence-electron chi connectivity index (χ0n) is 11.3. The summed E-state index contributed by atoms with van der Waals surface area (Å²) < 4.78 is 4.70. The van der Waals surface area contributed by atoms with Gasteiger partial charge in [-0.1, -0.05) is 29.4 Å². The van der Waals surface area contributed by atoms with Gasteiger partial charge in [0.1, 0.15) is 11.5 Å². The zero-order valence-corrected chi connectivity index (χ0v) is 11.3. The maximum absolute atomic E-state index is 11.9. The van der Waals surface area contributed by atoms with E-state index < -0.39 is 0 Å². The number of aromatic nitrogens is 4. The number of H-pyrrole nitrogens is 1. The first-order valence-electron chi connectivity index (χ1n) is 6.38. The van der Waals surface area contributed by atoms with Gasteiger partial charge in [-0.15, -0.1) is 0 Å². The van der Waals surface area contributed by atoms with E-state index in [1.54, 1.807) is 6.92 Å². The molecule has 0 spiro atoms. The topological polar surface area (TPSA) is 96.7 Å². The molecular formula is C14H13N5O2. The number of hydrogen-bond donors (Lipinski definition) is 2. The molecule has 0 bridgehead atoms. The van der Waals surface area contributed by atoms with Gasteiger partial charge in [-0.25, -0.2) is 4.98 Å². The predicted molar refractivity (Wildman–Crippen MR) is 74.2 cm³/mol. The number of hydrogen-bond acceptors (Lipinski definition) is 5. The number of nitrogens with zero attached hydrogens (tertiary/aromatic N) is 3. The van der Waals surface area contributed by atoms with Crippen molar-refractivity contribution in [1.29, 1.82) is 0 Å². The van der Waals surface area contributed by atoms with Gasteiger partial charge in [-0.2, -0.15) is 4.98 Å². The van der Waals surface area contributed by atoms with Crippen LogP contribution in [0.2, 0.25) is 0 Å². The molecule has 1 amide bonds. The van der Waals surface area contributed by atoms with Crippen molar-refractivity contribution in [2.75, 3.05) is 0 Å². The number of nitrogens with one attached hydrogen (secondary N) is 2. The monoisotopic (exact) mass is 283 g/mol. The van der Waals surface area contributed by atoms with Crippen molar-refractivity contribution >= 4 is 5.91 Å². The molecule has 0 unspecified atom stereocenters. The van der Waals surface area contributed by atoms with Gasteiger partial charge in [-0.05, 0) is 12.5 Å². The molecule has 3 aromatic rings. The summed E-state index contributed by atoms with van der Waals surface area (Å²) in [6.07, 6.45) is 2.81. The lowest BCUT2D eigenvalue weighted by atomic mass is 10.1. The van der Waals surface area contributed by atoms with Crippen LogP contribution < -0.4 is 5.32 Å². The van der Waals surface area contributed by atoms with Crippen LogP contribution in [0.15, 0.2) is 41.4 Å². The Labute approximate surface area is 120 Å². The third kappa shape index (κ3) is 2.97. The summed E-state index contributed by atoms with van der Waals surface area (Å²) in [5.41, 5.74) is 2.30. The van der Waals surface area contributed by atoms with Crippen molar-refractivity contribution < 1.29 is 9.32 Å². The minimum absolute atomic E-state index is 0.183. The summed E-state index contributed by atoms with van der Waals surface area (Å²) >= 11 is 0. The summed E-state index contributed by atoms with van der Waals surface area (Å²) in [6, 6.07) is 7.58. The number of carbonyl (C=O) groups is 1. The van der Waals surface area contributed by atoms with Crippen LogP contribution in [0.1, 0.15) is 21.9 Å². The molecule has 0 atom stereocenters. The number of aryl methyl sites for hydroxylation is 1. The fourth-order valence-electron chi connectivity index (χ4n) is 1.88. The van der Waals surface area contributed by atoms with Gasteiger partial charge < -0.3 is 14.8 Å². The van der Waals surface area contributed by atoms with E-state index in [9.17, 15) is 4.79 Å². The first-order valence-corrected chi connectivity index (χ1v) is 6.38. The Morgan fingerprint density at radius 3 is 2.71 bits per heavy atom. The van der Waals surface area contributed by atoms with E-state index in [-0.39, 0.29) is 5.91 Å². The number of benzene rings is 1. The van der Waals surface area contributed by atoms with Gasteiger partial charge >= 0.3 is 0 Å². The van der Waals surface area contributed by atoms with Crippen molar-refractivity contribution in [2.45, 2.75) is 13.5 Å². The van der Waals surface area contributed by atoms with Crippen molar-refractivity contribution in [3.8, 4) is 11.4 Å². The molecule has 2 heterocycles. The van der Waals surface area contributed by atoms with E-state index in [1.807, 2.05) is 24.3 Å². The van der Waals surface area contributed by atoms with Gasteiger partial charge in [0.25, 0.3) is 5.91 Å². The average Bonchev–Trinajstić information content (AvgIpc) is 3.16. The number of rotatable bonds is 4.